The normalized spacial score (nSPS) is 21.3. The number of hydrogen-bond acceptors (Lipinski definition) is 5. The van der Waals surface area contributed by atoms with E-state index >= 15 is 0 Å². The van der Waals surface area contributed by atoms with Gasteiger partial charge in [-0.3, -0.25) is 0 Å². The van der Waals surface area contributed by atoms with Gasteiger partial charge in [0, 0.05) is 37.3 Å². The van der Waals surface area contributed by atoms with Crippen LogP contribution in [0.5, 0.6) is 11.5 Å². The molecular weight excluding hydrogens is 512 g/mol. The smallest absolute Gasteiger partial charge is 0.161 e. The van der Waals surface area contributed by atoms with Crippen LogP contribution in [0.3, 0.4) is 0 Å². The van der Waals surface area contributed by atoms with Crippen molar-refractivity contribution in [2.24, 2.45) is 11.7 Å². The number of aryl methyl sites for hydroxylation is 1. The minimum atomic E-state index is -0.223. The largest absolute Gasteiger partial charge is 0.504 e. The van der Waals surface area contributed by atoms with Crippen molar-refractivity contribution in [1.29, 1.82) is 0 Å². The van der Waals surface area contributed by atoms with Gasteiger partial charge >= 0.3 is 0 Å². The van der Waals surface area contributed by atoms with Crippen molar-refractivity contribution < 1.29 is 14.9 Å². The maximum atomic E-state index is 10.4. The first kappa shape index (κ1) is 25.0. The van der Waals surface area contributed by atoms with E-state index in [1.807, 2.05) is 6.07 Å². The number of fused-ring (bicyclic) bond motifs is 1. The molecule has 0 amide bonds. The van der Waals surface area contributed by atoms with Gasteiger partial charge in [0.2, 0.25) is 0 Å². The van der Waals surface area contributed by atoms with Gasteiger partial charge < -0.3 is 25.6 Å². The van der Waals surface area contributed by atoms with Crippen LogP contribution in [0.4, 0.5) is 5.69 Å². The molecule has 0 aliphatic carbocycles. The standard InChI is InChI=1S/C23H30N2O3.2BrH/c1-2-15-5-3-4-6-19(15)25-11-9-16(10-12-25)21-13-18-17(22(14-24)28-21)7-8-20(26)23(18)27;;/h3-8,16,21-22,26-27H,2,9-14,24H2,1H3;2*1H/t21-,22-;;/m0../s1. The third kappa shape index (κ3) is 4.79. The SMILES string of the molecule is Br.Br.CCc1ccccc1N1CCC([C@@H]2Cc3c(ccc(O)c3O)[C@H](CN)O2)CC1. The van der Waals surface area contributed by atoms with Crippen molar-refractivity contribution in [3.8, 4) is 11.5 Å². The van der Waals surface area contributed by atoms with E-state index in [0.717, 1.165) is 43.5 Å². The first-order valence-electron chi connectivity index (χ1n) is 10.3. The second kappa shape index (κ2) is 10.8. The lowest BCUT2D eigenvalue weighted by Gasteiger charge is -2.41. The Balaban J connectivity index is 0.00000160. The lowest BCUT2D eigenvalue weighted by Crippen LogP contribution is -2.42. The number of halogens is 2. The molecule has 0 saturated carbocycles. The summed E-state index contributed by atoms with van der Waals surface area (Å²) >= 11 is 0. The minimum absolute atomic E-state index is 0. The number of phenolic OH excluding ortho intramolecular Hbond substituents is 2. The molecule has 7 heteroatoms. The number of nitrogens with zero attached hydrogens (tertiary/aromatic N) is 1. The molecule has 5 nitrogen and oxygen atoms in total. The van der Waals surface area contributed by atoms with E-state index in [9.17, 15) is 10.2 Å². The van der Waals surface area contributed by atoms with Crippen LogP contribution in [-0.2, 0) is 17.6 Å². The fraction of sp³-hybridized carbons (Fsp3) is 0.478. The summed E-state index contributed by atoms with van der Waals surface area (Å²) in [6.45, 7) is 4.59. The van der Waals surface area contributed by atoms with Crippen molar-refractivity contribution in [2.75, 3.05) is 24.5 Å². The quantitative estimate of drug-likeness (QED) is 0.488. The summed E-state index contributed by atoms with van der Waals surface area (Å²) in [6, 6.07) is 12.0. The van der Waals surface area contributed by atoms with Crippen LogP contribution in [-0.4, -0.2) is 36.0 Å². The van der Waals surface area contributed by atoms with Crippen molar-refractivity contribution in [2.45, 2.75) is 44.8 Å². The highest BCUT2D eigenvalue weighted by Gasteiger charge is 2.35. The van der Waals surface area contributed by atoms with Crippen LogP contribution < -0.4 is 10.6 Å². The number of para-hydroxylation sites is 1. The van der Waals surface area contributed by atoms with Crippen molar-refractivity contribution in [3.05, 3.63) is 53.1 Å². The Hall–Kier alpha value is -1.28. The van der Waals surface area contributed by atoms with Gasteiger partial charge in [-0.15, -0.1) is 34.0 Å². The van der Waals surface area contributed by atoms with Crippen molar-refractivity contribution in [3.63, 3.8) is 0 Å². The zero-order chi connectivity index (χ0) is 19.7. The van der Waals surface area contributed by atoms with Crippen molar-refractivity contribution >= 4 is 39.7 Å². The van der Waals surface area contributed by atoms with Crippen LogP contribution in [0.15, 0.2) is 36.4 Å². The molecule has 4 rings (SSSR count). The third-order valence-corrected chi connectivity index (χ3v) is 6.38. The Morgan fingerprint density at radius 1 is 1.07 bits per heavy atom. The molecule has 2 aromatic carbocycles. The first-order chi connectivity index (χ1) is 13.6. The van der Waals surface area contributed by atoms with E-state index in [2.05, 4.69) is 36.1 Å². The Bertz CT molecular complexity index is 841. The molecule has 4 N–H and O–H groups in total. The predicted octanol–water partition coefficient (Wildman–Crippen LogP) is 4.67. The van der Waals surface area contributed by atoms with Crippen LogP contribution >= 0.6 is 34.0 Å². The minimum Gasteiger partial charge on any atom is -0.504 e. The summed E-state index contributed by atoms with van der Waals surface area (Å²) in [6.07, 6.45) is 3.57. The number of nitrogens with two attached hydrogens (primary N) is 1. The second-order valence-corrected chi connectivity index (χ2v) is 7.91. The highest BCUT2D eigenvalue weighted by atomic mass is 79.9. The molecule has 0 aromatic heterocycles. The molecule has 0 spiro atoms. The Morgan fingerprint density at radius 2 is 1.77 bits per heavy atom. The number of benzene rings is 2. The lowest BCUT2D eigenvalue weighted by atomic mass is 9.83. The maximum Gasteiger partial charge on any atom is 0.161 e. The second-order valence-electron chi connectivity index (χ2n) is 7.91. The predicted molar refractivity (Wildman–Crippen MR) is 132 cm³/mol. The molecular formula is C23H32Br2N2O3. The van der Waals surface area contributed by atoms with E-state index < -0.39 is 0 Å². The average molecular weight is 544 g/mol. The number of phenols is 2. The highest BCUT2D eigenvalue weighted by molar-refractivity contribution is 8.93. The van der Waals surface area contributed by atoms with Gasteiger partial charge in [-0.2, -0.15) is 0 Å². The molecule has 1 fully saturated rings. The van der Waals surface area contributed by atoms with E-state index in [0.29, 0.717) is 18.9 Å². The Kier molecular flexibility index (Phi) is 9.03. The number of anilines is 1. The number of ether oxygens (including phenoxy) is 1. The molecule has 2 aromatic rings. The van der Waals surface area contributed by atoms with E-state index in [1.54, 1.807) is 0 Å². The number of rotatable bonds is 4. The monoisotopic (exact) mass is 542 g/mol. The van der Waals surface area contributed by atoms with Crippen molar-refractivity contribution in [1.82, 2.24) is 0 Å². The fourth-order valence-corrected chi connectivity index (χ4v) is 4.78. The zero-order valence-corrected chi connectivity index (χ0v) is 20.7. The Morgan fingerprint density at radius 3 is 2.43 bits per heavy atom. The summed E-state index contributed by atoms with van der Waals surface area (Å²) in [4.78, 5) is 2.48. The number of piperidine rings is 1. The van der Waals surface area contributed by atoms with Gasteiger partial charge in [0.25, 0.3) is 0 Å². The van der Waals surface area contributed by atoms with Crippen LogP contribution in [0, 0.1) is 5.92 Å². The number of hydrogen-bond donors (Lipinski definition) is 3. The molecule has 0 bridgehead atoms. The molecule has 30 heavy (non-hydrogen) atoms. The van der Waals surface area contributed by atoms with Gasteiger partial charge in [-0.25, -0.2) is 0 Å². The molecule has 2 aliphatic heterocycles. The van der Waals surface area contributed by atoms with Gasteiger partial charge in [0.1, 0.15) is 0 Å². The van der Waals surface area contributed by atoms with E-state index in [4.69, 9.17) is 10.5 Å². The molecule has 2 heterocycles. The molecule has 0 unspecified atom stereocenters. The third-order valence-electron chi connectivity index (χ3n) is 6.38. The van der Waals surface area contributed by atoms with Crippen LogP contribution in [0.1, 0.15) is 42.6 Å². The maximum absolute atomic E-state index is 10.4. The van der Waals surface area contributed by atoms with Crippen LogP contribution in [0.25, 0.3) is 0 Å². The number of aromatic hydroxyl groups is 2. The highest BCUT2D eigenvalue weighted by Crippen LogP contribution is 2.42. The van der Waals surface area contributed by atoms with E-state index in [-0.39, 0.29) is 57.7 Å². The Labute approximate surface area is 199 Å². The van der Waals surface area contributed by atoms with Gasteiger partial charge in [0.05, 0.1) is 12.2 Å². The van der Waals surface area contributed by atoms with Crippen LogP contribution in [0.2, 0.25) is 0 Å². The fourth-order valence-electron chi connectivity index (χ4n) is 4.78. The summed E-state index contributed by atoms with van der Waals surface area (Å²) in [5, 5.41) is 20.3. The molecule has 1 saturated heterocycles. The molecule has 2 aliphatic rings. The summed E-state index contributed by atoms with van der Waals surface area (Å²) < 4.78 is 6.35. The first-order valence-corrected chi connectivity index (χ1v) is 10.3. The van der Waals surface area contributed by atoms with Gasteiger partial charge in [-0.1, -0.05) is 31.2 Å². The average Bonchev–Trinajstić information content (AvgIpc) is 2.75. The molecule has 0 radical (unpaired) electrons. The summed E-state index contributed by atoms with van der Waals surface area (Å²) in [5.41, 5.74) is 10.4. The lowest BCUT2D eigenvalue weighted by molar-refractivity contribution is -0.0569. The van der Waals surface area contributed by atoms with Gasteiger partial charge in [-0.05, 0) is 48.4 Å². The molecule has 2 atom stereocenters. The molecule has 166 valence electrons. The van der Waals surface area contributed by atoms with Gasteiger partial charge in [0.15, 0.2) is 11.5 Å². The topological polar surface area (TPSA) is 79.0 Å². The van der Waals surface area contributed by atoms with E-state index in [1.165, 1.54) is 17.3 Å². The zero-order valence-electron chi connectivity index (χ0n) is 17.3. The summed E-state index contributed by atoms with van der Waals surface area (Å²) in [7, 11) is 0. The summed E-state index contributed by atoms with van der Waals surface area (Å²) in [5.74, 6) is 0.341.